The highest BCUT2D eigenvalue weighted by Gasteiger charge is 2.67. The van der Waals surface area contributed by atoms with Gasteiger partial charge in [0.25, 0.3) is 0 Å². The maximum absolute atomic E-state index is 13.4. The number of hydrogen-bond donors (Lipinski definition) is 2. The predicted molar refractivity (Wildman–Crippen MR) is 103 cm³/mol. The lowest BCUT2D eigenvalue weighted by Gasteiger charge is -2.56. The van der Waals surface area contributed by atoms with Crippen molar-refractivity contribution >= 4 is 5.91 Å². The van der Waals surface area contributed by atoms with Crippen LogP contribution in [0.2, 0.25) is 0 Å². The molecule has 0 aromatic heterocycles. The molecule has 0 aromatic carbocycles. The van der Waals surface area contributed by atoms with Crippen LogP contribution in [-0.4, -0.2) is 48.6 Å². The fourth-order valence-corrected chi connectivity index (χ4v) is 5.89. The summed E-state index contributed by atoms with van der Waals surface area (Å²) in [7, 11) is 0. The van der Waals surface area contributed by atoms with Crippen LogP contribution in [0.25, 0.3) is 0 Å². The summed E-state index contributed by atoms with van der Waals surface area (Å²) in [5.41, 5.74) is -0.349. The maximum atomic E-state index is 13.4. The fourth-order valence-electron chi connectivity index (χ4n) is 5.89. The van der Waals surface area contributed by atoms with Gasteiger partial charge in [-0.05, 0) is 49.0 Å². The van der Waals surface area contributed by atoms with Crippen molar-refractivity contribution in [3.05, 3.63) is 0 Å². The Morgan fingerprint density at radius 1 is 1.16 bits per heavy atom. The molecule has 1 saturated carbocycles. The van der Waals surface area contributed by atoms with Gasteiger partial charge in [0.2, 0.25) is 5.91 Å². The Labute approximate surface area is 154 Å². The van der Waals surface area contributed by atoms with Crippen molar-refractivity contribution < 1.29 is 4.79 Å². The Morgan fingerprint density at radius 3 is 2.48 bits per heavy atom. The molecule has 1 aliphatic carbocycles. The standard InChI is InChI=1S/C21H39N3O/c1-13(2)7-18-16-8-17-12-24(11-15(5)6)19(18)21(17,23-10-16)20(25)22-9-14(3)4/h13-19,23H,7-12H2,1-6H3,(H,22,25)/t16-,17-,18+,19-,21-/m0/s1. The van der Waals surface area contributed by atoms with E-state index in [9.17, 15) is 4.79 Å². The summed E-state index contributed by atoms with van der Waals surface area (Å²) >= 11 is 0. The van der Waals surface area contributed by atoms with E-state index in [1.807, 2.05) is 0 Å². The zero-order valence-electron chi connectivity index (χ0n) is 17.1. The predicted octanol–water partition coefficient (Wildman–Crippen LogP) is 2.74. The van der Waals surface area contributed by atoms with Gasteiger partial charge in [-0.1, -0.05) is 41.5 Å². The second-order valence-electron chi connectivity index (χ2n) is 10.1. The normalized spacial score (nSPS) is 37.5. The number of hydrogen-bond acceptors (Lipinski definition) is 3. The van der Waals surface area contributed by atoms with Crippen molar-refractivity contribution in [3.8, 4) is 0 Å². The van der Waals surface area contributed by atoms with Gasteiger partial charge in [0.1, 0.15) is 5.54 Å². The van der Waals surface area contributed by atoms with E-state index in [1.54, 1.807) is 0 Å². The number of rotatable bonds is 7. The molecule has 4 rings (SSSR count). The lowest BCUT2D eigenvalue weighted by Crippen LogP contribution is -2.76. The summed E-state index contributed by atoms with van der Waals surface area (Å²) < 4.78 is 0. The highest BCUT2D eigenvalue weighted by molar-refractivity contribution is 5.89. The van der Waals surface area contributed by atoms with Crippen LogP contribution < -0.4 is 10.6 Å². The van der Waals surface area contributed by atoms with Crippen molar-refractivity contribution in [1.29, 1.82) is 0 Å². The quantitative estimate of drug-likeness (QED) is 0.743. The van der Waals surface area contributed by atoms with E-state index >= 15 is 0 Å². The lowest BCUT2D eigenvalue weighted by atomic mass is 9.58. The third-order valence-electron chi connectivity index (χ3n) is 6.60. The molecule has 4 aliphatic rings. The van der Waals surface area contributed by atoms with Gasteiger partial charge in [-0.25, -0.2) is 0 Å². The molecule has 4 nitrogen and oxygen atoms in total. The molecule has 4 heteroatoms. The van der Waals surface area contributed by atoms with E-state index in [2.05, 4.69) is 57.1 Å². The molecule has 144 valence electrons. The minimum atomic E-state index is -0.349. The molecule has 25 heavy (non-hydrogen) atoms. The zero-order valence-corrected chi connectivity index (χ0v) is 17.1. The summed E-state index contributed by atoms with van der Waals surface area (Å²) in [6.45, 7) is 17.6. The molecule has 4 bridgehead atoms. The SMILES string of the molecule is CC(C)CNC(=O)[C@]12NC[C@@H]3C[C@H]1CN(CC(C)C)[C@H]2[C@@H]3CC(C)C. The largest absolute Gasteiger partial charge is 0.354 e. The number of carbonyl (C=O) groups is 1. The minimum absolute atomic E-state index is 0.273. The summed E-state index contributed by atoms with van der Waals surface area (Å²) in [4.78, 5) is 16.1. The van der Waals surface area contributed by atoms with Crippen molar-refractivity contribution in [2.45, 2.75) is 66.0 Å². The summed E-state index contributed by atoms with van der Waals surface area (Å²) in [5, 5.41) is 7.06. The van der Waals surface area contributed by atoms with Crippen LogP contribution in [-0.2, 0) is 4.79 Å². The van der Waals surface area contributed by atoms with E-state index in [0.717, 1.165) is 32.1 Å². The first kappa shape index (κ1) is 19.2. The summed E-state index contributed by atoms with van der Waals surface area (Å²) in [5.74, 6) is 3.99. The lowest BCUT2D eigenvalue weighted by molar-refractivity contribution is -0.139. The molecule has 5 atom stereocenters. The van der Waals surface area contributed by atoms with Gasteiger partial charge in [0, 0.05) is 31.6 Å². The van der Waals surface area contributed by atoms with Gasteiger partial charge < -0.3 is 10.6 Å². The average Bonchev–Trinajstić information content (AvgIpc) is 2.76. The Bertz CT molecular complexity index is 490. The van der Waals surface area contributed by atoms with E-state index in [-0.39, 0.29) is 11.4 Å². The molecule has 2 N–H and O–H groups in total. The Balaban J connectivity index is 1.90. The van der Waals surface area contributed by atoms with Crippen LogP contribution in [0.15, 0.2) is 0 Å². The summed E-state index contributed by atoms with van der Waals surface area (Å²) in [6, 6.07) is 0.377. The fraction of sp³-hybridized carbons (Fsp3) is 0.952. The van der Waals surface area contributed by atoms with E-state index < -0.39 is 0 Å². The molecule has 4 fully saturated rings. The van der Waals surface area contributed by atoms with Crippen LogP contribution in [0.5, 0.6) is 0 Å². The molecule has 3 aliphatic heterocycles. The molecule has 3 heterocycles. The first-order valence-corrected chi connectivity index (χ1v) is 10.5. The van der Waals surface area contributed by atoms with Crippen LogP contribution in [0.3, 0.4) is 0 Å². The van der Waals surface area contributed by atoms with Gasteiger partial charge in [-0.3, -0.25) is 9.69 Å². The number of nitrogens with one attached hydrogen (secondary N) is 2. The van der Waals surface area contributed by atoms with Crippen molar-refractivity contribution in [3.63, 3.8) is 0 Å². The van der Waals surface area contributed by atoms with E-state index in [4.69, 9.17) is 0 Å². The van der Waals surface area contributed by atoms with E-state index in [1.165, 1.54) is 12.8 Å². The van der Waals surface area contributed by atoms with Gasteiger partial charge in [-0.15, -0.1) is 0 Å². The second-order valence-corrected chi connectivity index (χ2v) is 10.1. The number of likely N-dealkylation sites (tertiary alicyclic amines) is 1. The zero-order chi connectivity index (χ0) is 18.4. The molecule has 1 amide bonds. The molecular weight excluding hydrogens is 310 g/mol. The molecular formula is C21H39N3O. The van der Waals surface area contributed by atoms with Gasteiger partial charge in [0.05, 0.1) is 0 Å². The number of nitrogens with zero attached hydrogens (tertiary/aromatic N) is 1. The van der Waals surface area contributed by atoms with Crippen LogP contribution in [0.4, 0.5) is 0 Å². The highest BCUT2D eigenvalue weighted by Crippen LogP contribution is 2.54. The first-order valence-electron chi connectivity index (χ1n) is 10.5. The number of fused-ring (bicyclic) bond motifs is 1. The van der Waals surface area contributed by atoms with Gasteiger partial charge in [-0.2, -0.15) is 0 Å². The number of piperidine rings is 2. The monoisotopic (exact) mass is 349 g/mol. The molecule has 0 spiro atoms. The summed E-state index contributed by atoms with van der Waals surface area (Å²) in [6.07, 6.45) is 2.47. The maximum Gasteiger partial charge on any atom is 0.242 e. The smallest absolute Gasteiger partial charge is 0.242 e. The van der Waals surface area contributed by atoms with Crippen LogP contribution in [0, 0.1) is 35.5 Å². The Hall–Kier alpha value is -0.610. The van der Waals surface area contributed by atoms with Crippen molar-refractivity contribution in [2.24, 2.45) is 35.5 Å². The molecule has 0 unspecified atom stereocenters. The number of carbonyl (C=O) groups excluding carboxylic acids is 1. The van der Waals surface area contributed by atoms with Crippen LogP contribution in [0.1, 0.15) is 54.4 Å². The van der Waals surface area contributed by atoms with Gasteiger partial charge >= 0.3 is 0 Å². The number of amides is 1. The van der Waals surface area contributed by atoms with Crippen molar-refractivity contribution in [2.75, 3.05) is 26.2 Å². The second kappa shape index (κ2) is 7.19. The van der Waals surface area contributed by atoms with Crippen molar-refractivity contribution in [1.82, 2.24) is 15.5 Å². The molecule has 0 aromatic rings. The Kier molecular flexibility index (Phi) is 5.51. The molecule has 0 radical (unpaired) electrons. The van der Waals surface area contributed by atoms with Gasteiger partial charge in [0.15, 0.2) is 0 Å². The molecule has 3 saturated heterocycles. The van der Waals surface area contributed by atoms with E-state index in [0.29, 0.717) is 35.6 Å². The third kappa shape index (κ3) is 3.37. The highest BCUT2D eigenvalue weighted by atomic mass is 16.2. The average molecular weight is 350 g/mol. The van der Waals surface area contributed by atoms with Crippen LogP contribution >= 0.6 is 0 Å². The topological polar surface area (TPSA) is 44.4 Å². The Morgan fingerprint density at radius 2 is 1.88 bits per heavy atom. The minimum Gasteiger partial charge on any atom is -0.354 e. The first-order chi connectivity index (χ1) is 11.8. The third-order valence-corrected chi connectivity index (χ3v) is 6.60.